The van der Waals surface area contributed by atoms with Crippen molar-refractivity contribution >= 4 is 27.7 Å². The molecule has 148 valence electrons. The van der Waals surface area contributed by atoms with Gasteiger partial charge in [-0.05, 0) is 49.3 Å². The molecule has 1 aliphatic heterocycles. The Hall–Kier alpha value is -1.05. The molecule has 1 saturated heterocycles. The molecule has 5 nitrogen and oxygen atoms in total. The quantitative estimate of drug-likeness (QED) is 0.749. The zero-order valence-electron chi connectivity index (χ0n) is 15.8. The van der Waals surface area contributed by atoms with E-state index in [4.69, 9.17) is 0 Å². The Morgan fingerprint density at radius 3 is 2.37 bits per heavy atom. The van der Waals surface area contributed by atoms with E-state index in [-0.39, 0.29) is 5.91 Å². The summed E-state index contributed by atoms with van der Waals surface area (Å²) in [4.78, 5) is 14.8. The molecule has 1 amide bonds. The average Bonchev–Trinajstić information content (AvgIpc) is 3.43. The largest absolute Gasteiger partial charge is 0.341 e. The molecule has 1 atom stereocenters. The minimum absolute atomic E-state index is 0.0649. The zero-order valence-corrected chi connectivity index (χ0v) is 17.5. The number of rotatable bonds is 5. The van der Waals surface area contributed by atoms with Crippen LogP contribution in [0.4, 0.5) is 0 Å². The molecular weight excluding hydrogens is 380 g/mol. The maximum Gasteiger partial charge on any atom is 0.244 e. The molecule has 0 radical (unpaired) electrons. The predicted molar refractivity (Wildman–Crippen MR) is 108 cm³/mol. The summed E-state index contributed by atoms with van der Waals surface area (Å²) in [7, 11) is -1.86. The fraction of sp³-hybridized carbons (Fsp3) is 0.650. The molecule has 2 saturated carbocycles. The maximum atomic E-state index is 13.2. The molecular formula is C20H28N2O3S2. The normalized spacial score (nSPS) is 24.9. The lowest BCUT2D eigenvalue weighted by Crippen LogP contribution is -2.48. The SMILES string of the molecule is CN(C(=O)[C@H]1CSCN1S(=O)(=O)c1ccc(C2CCCCC2)cc1)C1CC1. The Morgan fingerprint density at radius 1 is 1.07 bits per heavy atom. The van der Waals surface area contributed by atoms with E-state index < -0.39 is 16.1 Å². The Morgan fingerprint density at radius 2 is 1.74 bits per heavy atom. The van der Waals surface area contributed by atoms with E-state index in [2.05, 4.69) is 0 Å². The fourth-order valence-corrected chi connectivity index (χ4v) is 7.35. The summed E-state index contributed by atoms with van der Waals surface area (Å²) in [6, 6.07) is 7.12. The van der Waals surface area contributed by atoms with Crippen molar-refractivity contribution < 1.29 is 13.2 Å². The zero-order chi connectivity index (χ0) is 19.0. The van der Waals surface area contributed by atoms with Gasteiger partial charge in [0.05, 0.1) is 10.8 Å². The lowest BCUT2D eigenvalue weighted by atomic mass is 9.84. The first-order valence-corrected chi connectivity index (χ1v) is 12.5. The molecule has 4 rings (SSSR count). The third-order valence-electron chi connectivity index (χ3n) is 6.13. The third-order valence-corrected chi connectivity index (χ3v) is 9.18. The highest BCUT2D eigenvalue weighted by Crippen LogP contribution is 2.35. The summed E-state index contributed by atoms with van der Waals surface area (Å²) in [5.74, 6) is 1.38. The van der Waals surface area contributed by atoms with Crippen LogP contribution >= 0.6 is 11.8 Å². The molecule has 0 bridgehead atoms. The van der Waals surface area contributed by atoms with Crippen molar-refractivity contribution in [2.24, 2.45) is 0 Å². The molecule has 2 aliphatic carbocycles. The van der Waals surface area contributed by atoms with E-state index in [1.165, 1.54) is 53.7 Å². The summed E-state index contributed by atoms with van der Waals surface area (Å²) >= 11 is 1.51. The van der Waals surface area contributed by atoms with Crippen LogP contribution in [0.1, 0.15) is 56.4 Å². The highest BCUT2D eigenvalue weighted by atomic mass is 32.2. The number of likely N-dealkylation sites (N-methyl/N-ethyl adjacent to an activating group) is 1. The van der Waals surface area contributed by atoms with Crippen LogP contribution < -0.4 is 0 Å². The second-order valence-electron chi connectivity index (χ2n) is 7.99. The lowest BCUT2D eigenvalue weighted by Gasteiger charge is -2.27. The van der Waals surface area contributed by atoms with Crippen LogP contribution in [-0.4, -0.2) is 54.3 Å². The van der Waals surface area contributed by atoms with Crippen molar-refractivity contribution in [2.45, 2.75) is 67.8 Å². The van der Waals surface area contributed by atoms with Gasteiger partial charge in [-0.3, -0.25) is 4.79 Å². The number of carbonyl (C=O) groups is 1. The molecule has 27 heavy (non-hydrogen) atoms. The van der Waals surface area contributed by atoms with Gasteiger partial charge in [0, 0.05) is 18.8 Å². The number of amides is 1. The van der Waals surface area contributed by atoms with Gasteiger partial charge in [-0.25, -0.2) is 8.42 Å². The fourth-order valence-electron chi connectivity index (χ4n) is 4.22. The first-order chi connectivity index (χ1) is 13.0. The van der Waals surface area contributed by atoms with Gasteiger partial charge in [-0.2, -0.15) is 4.31 Å². The number of nitrogens with zero attached hydrogens (tertiary/aromatic N) is 2. The third kappa shape index (κ3) is 3.91. The van der Waals surface area contributed by atoms with Gasteiger partial charge >= 0.3 is 0 Å². The number of sulfonamides is 1. The molecule has 1 aromatic rings. The van der Waals surface area contributed by atoms with Gasteiger partial charge in [-0.15, -0.1) is 11.8 Å². The molecule has 1 heterocycles. The lowest BCUT2D eigenvalue weighted by molar-refractivity contribution is -0.133. The second kappa shape index (κ2) is 7.76. The van der Waals surface area contributed by atoms with Crippen molar-refractivity contribution in [1.82, 2.24) is 9.21 Å². The van der Waals surface area contributed by atoms with Crippen LogP contribution in [-0.2, 0) is 14.8 Å². The summed E-state index contributed by atoms with van der Waals surface area (Å²) < 4.78 is 27.8. The van der Waals surface area contributed by atoms with E-state index in [1.54, 1.807) is 24.1 Å². The molecule has 3 fully saturated rings. The van der Waals surface area contributed by atoms with Gasteiger partial charge in [0.1, 0.15) is 6.04 Å². The Labute approximate surface area is 166 Å². The first kappa shape index (κ1) is 19.3. The highest BCUT2D eigenvalue weighted by Gasteiger charge is 2.43. The number of carbonyl (C=O) groups excluding carboxylic acids is 1. The van der Waals surface area contributed by atoms with Crippen LogP contribution in [0.5, 0.6) is 0 Å². The number of thioether (sulfide) groups is 1. The molecule has 0 unspecified atom stereocenters. The summed E-state index contributed by atoms with van der Waals surface area (Å²) in [5.41, 5.74) is 1.24. The van der Waals surface area contributed by atoms with Gasteiger partial charge < -0.3 is 4.90 Å². The molecule has 3 aliphatic rings. The summed E-state index contributed by atoms with van der Waals surface area (Å²) in [6.45, 7) is 0. The van der Waals surface area contributed by atoms with Gasteiger partial charge in [0.2, 0.25) is 15.9 Å². The van der Waals surface area contributed by atoms with E-state index in [1.807, 2.05) is 12.1 Å². The smallest absolute Gasteiger partial charge is 0.244 e. The van der Waals surface area contributed by atoms with E-state index >= 15 is 0 Å². The van der Waals surface area contributed by atoms with Crippen LogP contribution in [0.3, 0.4) is 0 Å². The summed E-state index contributed by atoms with van der Waals surface area (Å²) in [5, 5.41) is 0. The minimum Gasteiger partial charge on any atom is -0.341 e. The van der Waals surface area contributed by atoms with Crippen molar-refractivity contribution in [2.75, 3.05) is 18.7 Å². The van der Waals surface area contributed by atoms with Crippen LogP contribution in [0.15, 0.2) is 29.2 Å². The van der Waals surface area contributed by atoms with E-state index in [0.717, 1.165) is 12.8 Å². The molecule has 1 aromatic carbocycles. The van der Waals surface area contributed by atoms with Gasteiger partial charge in [0.25, 0.3) is 0 Å². The Kier molecular flexibility index (Phi) is 5.54. The van der Waals surface area contributed by atoms with Crippen LogP contribution in [0, 0.1) is 0 Å². The van der Waals surface area contributed by atoms with E-state index in [9.17, 15) is 13.2 Å². The summed E-state index contributed by atoms with van der Waals surface area (Å²) in [6.07, 6.45) is 8.26. The molecule has 0 spiro atoms. The first-order valence-electron chi connectivity index (χ1n) is 9.94. The average molecular weight is 409 g/mol. The Balaban J connectivity index is 1.52. The topological polar surface area (TPSA) is 57.7 Å². The van der Waals surface area contributed by atoms with Gasteiger partial charge in [0.15, 0.2) is 0 Å². The number of hydrogen-bond donors (Lipinski definition) is 0. The minimum atomic E-state index is -3.65. The molecule has 0 aromatic heterocycles. The molecule has 7 heteroatoms. The predicted octanol–water partition coefficient (Wildman–Crippen LogP) is 3.42. The monoisotopic (exact) mass is 408 g/mol. The Bertz CT molecular complexity index is 784. The van der Waals surface area contributed by atoms with Crippen LogP contribution in [0.2, 0.25) is 0 Å². The second-order valence-corrected chi connectivity index (χ2v) is 10.9. The number of benzene rings is 1. The highest BCUT2D eigenvalue weighted by molar-refractivity contribution is 8.00. The van der Waals surface area contributed by atoms with E-state index in [0.29, 0.717) is 28.5 Å². The van der Waals surface area contributed by atoms with Crippen molar-refractivity contribution in [3.8, 4) is 0 Å². The molecule has 0 N–H and O–H groups in total. The van der Waals surface area contributed by atoms with Crippen LogP contribution in [0.25, 0.3) is 0 Å². The standard InChI is InChI=1S/C20H28N2O3S2/c1-21(17-9-10-17)20(23)19-13-26-14-22(19)27(24,25)18-11-7-16(8-12-18)15-5-3-2-4-6-15/h7-8,11-12,15,17,19H,2-6,9-10,13-14H2,1H3/t19-/m1/s1. The van der Waals surface area contributed by atoms with Crippen molar-refractivity contribution in [1.29, 1.82) is 0 Å². The van der Waals surface area contributed by atoms with Crippen molar-refractivity contribution in [3.05, 3.63) is 29.8 Å². The maximum absolute atomic E-state index is 13.2. The van der Waals surface area contributed by atoms with Gasteiger partial charge in [-0.1, -0.05) is 31.4 Å². The van der Waals surface area contributed by atoms with Crippen molar-refractivity contribution in [3.63, 3.8) is 0 Å². The number of hydrogen-bond acceptors (Lipinski definition) is 4.